The quantitative estimate of drug-likeness (QED) is 0.888. The van der Waals surface area contributed by atoms with E-state index in [-0.39, 0.29) is 0 Å². The highest BCUT2D eigenvalue weighted by Crippen LogP contribution is 2.28. The van der Waals surface area contributed by atoms with Gasteiger partial charge in [0, 0.05) is 0 Å². The molecule has 1 saturated carbocycles. The molecule has 1 N–H and O–H groups in total. The van der Waals surface area contributed by atoms with Crippen LogP contribution in [0.5, 0.6) is 5.75 Å². The van der Waals surface area contributed by atoms with Crippen molar-refractivity contribution in [1.29, 1.82) is 0 Å². The van der Waals surface area contributed by atoms with Gasteiger partial charge in [-0.05, 0) is 57.2 Å². The Kier molecular flexibility index (Phi) is 3.60. The molecule has 0 spiro atoms. The molecule has 0 atom stereocenters. The Bertz CT molecular complexity index is 414. The number of benzene rings is 1. The fraction of sp³-hybridized carbons (Fsp3) is 0.533. The number of ether oxygens (including phenoxy) is 1. The van der Waals surface area contributed by atoms with Crippen LogP contribution in [0.25, 0.3) is 0 Å². The zero-order valence-electron chi connectivity index (χ0n) is 11.0. The minimum atomic E-state index is -0.855. The van der Waals surface area contributed by atoms with Crippen molar-refractivity contribution in [2.45, 2.75) is 51.0 Å². The van der Waals surface area contributed by atoms with Crippen LogP contribution in [-0.2, 0) is 10.2 Å². The molecule has 98 valence electrons. The number of carboxylic acid groups (broad SMARTS) is 1. The normalized spacial score (nSPS) is 16.8. The highest BCUT2D eigenvalue weighted by Gasteiger charge is 2.29. The van der Waals surface area contributed by atoms with Crippen LogP contribution >= 0.6 is 0 Å². The Labute approximate surface area is 108 Å². The fourth-order valence-corrected chi connectivity index (χ4v) is 2.27. The molecule has 0 unspecified atom stereocenters. The summed E-state index contributed by atoms with van der Waals surface area (Å²) in [7, 11) is 0. The summed E-state index contributed by atoms with van der Waals surface area (Å²) in [6, 6.07) is 7.44. The zero-order valence-corrected chi connectivity index (χ0v) is 11.0. The molecule has 0 radical (unpaired) electrons. The van der Waals surface area contributed by atoms with Gasteiger partial charge in [0.25, 0.3) is 0 Å². The summed E-state index contributed by atoms with van der Waals surface area (Å²) < 4.78 is 5.86. The number of carbonyl (C=O) groups is 1. The lowest BCUT2D eigenvalue weighted by Gasteiger charge is -2.20. The van der Waals surface area contributed by atoms with Crippen LogP contribution in [0.1, 0.15) is 45.1 Å². The molecule has 1 aliphatic carbocycles. The molecular formula is C15H20O3. The van der Waals surface area contributed by atoms with Gasteiger partial charge in [-0.3, -0.25) is 4.79 Å². The van der Waals surface area contributed by atoms with Crippen LogP contribution in [0, 0.1) is 0 Å². The van der Waals surface area contributed by atoms with Crippen LogP contribution in [0.2, 0.25) is 0 Å². The molecule has 0 amide bonds. The van der Waals surface area contributed by atoms with Crippen molar-refractivity contribution in [3.63, 3.8) is 0 Å². The fourth-order valence-electron chi connectivity index (χ4n) is 2.27. The molecule has 1 aromatic rings. The van der Waals surface area contributed by atoms with E-state index in [0.717, 1.165) is 24.2 Å². The van der Waals surface area contributed by atoms with Crippen LogP contribution < -0.4 is 4.74 Å². The molecule has 0 aromatic heterocycles. The molecule has 1 fully saturated rings. The lowest BCUT2D eigenvalue weighted by molar-refractivity contribution is -0.142. The second-order valence-electron chi connectivity index (χ2n) is 5.48. The SMILES string of the molecule is CC(C)(C(=O)O)c1ccc(OC2CCCC2)cc1. The van der Waals surface area contributed by atoms with Gasteiger partial charge in [0.2, 0.25) is 0 Å². The number of hydrogen-bond acceptors (Lipinski definition) is 2. The van der Waals surface area contributed by atoms with E-state index in [0.29, 0.717) is 6.10 Å². The molecule has 1 aromatic carbocycles. The molecular weight excluding hydrogens is 228 g/mol. The van der Waals surface area contributed by atoms with Crippen molar-refractivity contribution >= 4 is 5.97 Å². The molecule has 3 nitrogen and oxygen atoms in total. The van der Waals surface area contributed by atoms with E-state index in [9.17, 15) is 4.79 Å². The molecule has 0 bridgehead atoms. The largest absolute Gasteiger partial charge is 0.490 e. The molecule has 3 heteroatoms. The van der Waals surface area contributed by atoms with E-state index in [1.54, 1.807) is 13.8 Å². The first kappa shape index (κ1) is 12.9. The monoisotopic (exact) mass is 248 g/mol. The van der Waals surface area contributed by atoms with Crippen molar-refractivity contribution in [2.24, 2.45) is 0 Å². The first-order valence-corrected chi connectivity index (χ1v) is 6.51. The van der Waals surface area contributed by atoms with Gasteiger partial charge in [-0.2, -0.15) is 0 Å². The van der Waals surface area contributed by atoms with Crippen LogP contribution in [0.4, 0.5) is 0 Å². The number of rotatable bonds is 4. The Morgan fingerprint density at radius 1 is 1.22 bits per heavy atom. The van der Waals surface area contributed by atoms with Gasteiger partial charge in [-0.1, -0.05) is 12.1 Å². The van der Waals surface area contributed by atoms with Gasteiger partial charge in [-0.25, -0.2) is 0 Å². The minimum Gasteiger partial charge on any atom is -0.490 e. The van der Waals surface area contributed by atoms with Gasteiger partial charge < -0.3 is 9.84 Å². The van der Waals surface area contributed by atoms with Crippen molar-refractivity contribution in [3.8, 4) is 5.75 Å². The zero-order chi connectivity index (χ0) is 13.2. The third-order valence-electron chi connectivity index (χ3n) is 3.72. The maximum absolute atomic E-state index is 11.2. The highest BCUT2D eigenvalue weighted by atomic mass is 16.5. The summed E-state index contributed by atoms with van der Waals surface area (Å²) in [5.74, 6) is 0.0267. The van der Waals surface area contributed by atoms with Gasteiger partial charge in [0.1, 0.15) is 5.75 Å². The number of hydrogen-bond donors (Lipinski definition) is 1. The summed E-state index contributed by atoms with van der Waals surface area (Å²) in [6.45, 7) is 3.42. The average molecular weight is 248 g/mol. The first-order valence-electron chi connectivity index (χ1n) is 6.51. The van der Waals surface area contributed by atoms with E-state index in [2.05, 4.69) is 0 Å². The molecule has 0 saturated heterocycles. The maximum Gasteiger partial charge on any atom is 0.313 e. The lowest BCUT2D eigenvalue weighted by Crippen LogP contribution is -2.28. The molecule has 0 heterocycles. The smallest absolute Gasteiger partial charge is 0.313 e. The Hall–Kier alpha value is -1.51. The lowest BCUT2D eigenvalue weighted by atomic mass is 9.85. The maximum atomic E-state index is 11.2. The van der Waals surface area contributed by atoms with Gasteiger partial charge >= 0.3 is 5.97 Å². The van der Waals surface area contributed by atoms with E-state index in [1.165, 1.54) is 12.8 Å². The van der Waals surface area contributed by atoms with Crippen LogP contribution in [0.3, 0.4) is 0 Å². The average Bonchev–Trinajstić information content (AvgIpc) is 2.82. The van der Waals surface area contributed by atoms with Crippen LogP contribution in [-0.4, -0.2) is 17.2 Å². The molecule has 0 aliphatic heterocycles. The van der Waals surface area contributed by atoms with Crippen molar-refractivity contribution in [2.75, 3.05) is 0 Å². The summed E-state index contributed by atoms with van der Waals surface area (Å²) in [4.78, 5) is 11.2. The van der Waals surface area contributed by atoms with Crippen molar-refractivity contribution < 1.29 is 14.6 Å². The second-order valence-corrected chi connectivity index (χ2v) is 5.48. The van der Waals surface area contributed by atoms with Gasteiger partial charge in [0.05, 0.1) is 11.5 Å². The Morgan fingerprint density at radius 2 is 1.78 bits per heavy atom. The van der Waals surface area contributed by atoms with E-state index >= 15 is 0 Å². The summed E-state index contributed by atoms with van der Waals surface area (Å²) in [5, 5.41) is 9.16. The predicted octanol–water partition coefficient (Wildman–Crippen LogP) is 3.37. The Balaban J connectivity index is 2.07. The topological polar surface area (TPSA) is 46.5 Å². The van der Waals surface area contributed by atoms with Gasteiger partial charge in [-0.15, -0.1) is 0 Å². The van der Waals surface area contributed by atoms with Crippen LogP contribution in [0.15, 0.2) is 24.3 Å². The van der Waals surface area contributed by atoms with Crippen molar-refractivity contribution in [1.82, 2.24) is 0 Å². The molecule has 1 aliphatic rings. The van der Waals surface area contributed by atoms with Gasteiger partial charge in [0.15, 0.2) is 0 Å². The second kappa shape index (κ2) is 5.01. The summed E-state index contributed by atoms with van der Waals surface area (Å²) in [6.07, 6.45) is 5.08. The third-order valence-corrected chi connectivity index (χ3v) is 3.72. The minimum absolute atomic E-state index is 0.336. The summed E-state index contributed by atoms with van der Waals surface area (Å²) in [5.41, 5.74) is -0.0555. The van der Waals surface area contributed by atoms with Crippen molar-refractivity contribution in [3.05, 3.63) is 29.8 Å². The van der Waals surface area contributed by atoms with E-state index < -0.39 is 11.4 Å². The molecule has 2 rings (SSSR count). The van der Waals surface area contributed by atoms with E-state index in [4.69, 9.17) is 9.84 Å². The highest BCUT2D eigenvalue weighted by molar-refractivity contribution is 5.80. The number of carboxylic acids is 1. The third kappa shape index (κ3) is 2.66. The molecule has 18 heavy (non-hydrogen) atoms. The first-order chi connectivity index (χ1) is 8.50. The Morgan fingerprint density at radius 3 is 2.28 bits per heavy atom. The summed E-state index contributed by atoms with van der Waals surface area (Å²) >= 11 is 0. The predicted molar refractivity (Wildman–Crippen MR) is 70.0 cm³/mol. The standard InChI is InChI=1S/C15H20O3/c1-15(2,14(16)17)11-7-9-13(10-8-11)18-12-5-3-4-6-12/h7-10,12H,3-6H2,1-2H3,(H,16,17). The number of aliphatic carboxylic acids is 1. The van der Waals surface area contributed by atoms with E-state index in [1.807, 2.05) is 24.3 Å².